The van der Waals surface area contributed by atoms with Crippen LogP contribution in [0.5, 0.6) is 0 Å². The van der Waals surface area contributed by atoms with Gasteiger partial charge in [-0.2, -0.15) is 0 Å². The predicted octanol–water partition coefficient (Wildman–Crippen LogP) is 3.21. The Morgan fingerprint density at radius 1 is 1.38 bits per heavy atom. The van der Waals surface area contributed by atoms with E-state index in [4.69, 9.17) is 16.3 Å². The van der Waals surface area contributed by atoms with Gasteiger partial charge in [0.15, 0.2) is 0 Å². The van der Waals surface area contributed by atoms with Crippen LogP contribution in [-0.4, -0.2) is 18.6 Å². The standard InChI is InChI=1S/C11H19ClO/c1-11(8-12,9-4-5-9)7-10-3-2-6-13-10/h9-10H,2-8H2,1H3. The van der Waals surface area contributed by atoms with Gasteiger partial charge < -0.3 is 4.74 Å². The van der Waals surface area contributed by atoms with E-state index in [-0.39, 0.29) is 0 Å². The molecule has 1 aliphatic carbocycles. The molecule has 0 amide bonds. The molecule has 2 aliphatic rings. The van der Waals surface area contributed by atoms with Crippen LogP contribution in [-0.2, 0) is 4.74 Å². The van der Waals surface area contributed by atoms with Crippen LogP contribution in [0.25, 0.3) is 0 Å². The molecule has 0 aromatic rings. The van der Waals surface area contributed by atoms with Crippen molar-refractivity contribution in [3.8, 4) is 0 Å². The highest BCUT2D eigenvalue weighted by Gasteiger charge is 2.42. The van der Waals surface area contributed by atoms with E-state index in [1.165, 1.54) is 32.1 Å². The third kappa shape index (κ3) is 2.19. The van der Waals surface area contributed by atoms with E-state index in [9.17, 15) is 0 Å². The molecule has 1 saturated heterocycles. The third-order valence-electron chi connectivity index (χ3n) is 3.59. The van der Waals surface area contributed by atoms with E-state index in [0.717, 1.165) is 18.4 Å². The fraction of sp³-hybridized carbons (Fsp3) is 1.00. The first kappa shape index (κ1) is 9.79. The van der Waals surface area contributed by atoms with E-state index in [1.807, 2.05) is 0 Å². The Morgan fingerprint density at radius 3 is 2.62 bits per heavy atom. The minimum Gasteiger partial charge on any atom is -0.378 e. The van der Waals surface area contributed by atoms with Gasteiger partial charge in [0.25, 0.3) is 0 Å². The van der Waals surface area contributed by atoms with Crippen molar-refractivity contribution in [1.29, 1.82) is 0 Å². The zero-order valence-electron chi connectivity index (χ0n) is 8.39. The lowest BCUT2D eigenvalue weighted by Crippen LogP contribution is -2.27. The van der Waals surface area contributed by atoms with Gasteiger partial charge in [-0.15, -0.1) is 11.6 Å². The van der Waals surface area contributed by atoms with Gasteiger partial charge in [-0.05, 0) is 43.4 Å². The maximum atomic E-state index is 6.07. The fourth-order valence-corrected chi connectivity index (χ4v) is 2.76. The van der Waals surface area contributed by atoms with E-state index < -0.39 is 0 Å². The first-order chi connectivity index (χ1) is 6.24. The molecule has 13 heavy (non-hydrogen) atoms. The summed E-state index contributed by atoms with van der Waals surface area (Å²) in [6.45, 7) is 3.30. The second-order valence-corrected chi connectivity index (χ2v) is 5.17. The SMILES string of the molecule is CC(CCl)(CC1CCCO1)C1CC1. The second-order valence-electron chi connectivity index (χ2n) is 4.90. The maximum absolute atomic E-state index is 6.07. The lowest BCUT2D eigenvalue weighted by molar-refractivity contribution is 0.0658. The van der Waals surface area contributed by atoms with E-state index in [1.54, 1.807) is 0 Å². The molecule has 2 heteroatoms. The van der Waals surface area contributed by atoms with Crippen molar-refractivity contribution >= 4 is 11.6 Å². The van der Waals surface area contributed by atoms with Crippen LogP contribution >= 0.6 is 11.6 Å². The lowest BCUT2D eigenvalue weighted by atomic mass is 9.81. The van der Waals surface area contributed by atoms with Crippen LogP contribution in [0, 0.1) is 11.3 Å². The summed E-state index contributed by atoms with van der Waals surface area (Å²) in [5.74, 6) is 1.69. The number of ether oxygens (including phenoxy) is 1. The van der Waals surface area contributed by atoms with Gasteiger partial charge in [0, 0.05) is 12.5 Å². The highest BCUT2D eigenvalue weighted by Crippen LogP contribution is 2.49. The zero-order valence-corrected chi connectivity index (χ0v) is 9.15. The summed E-state index contributed by atoms with van der Waals surface area (Å²) in [4.78, 5) is 0. The van der Waals surface area contributed by atoms with Crippen molar-refractivity contribution in [3.63, 3.8) is 0 Å². The summed E-state index contributed by atoms with van der Waals surface area (Å²) in [7, 11) is 0. The third-order valence-corrected chi connectivity index (χ3v) is 4.20. The zero-order chi connectivity index (χ0) is 9.31. The van der Waals surface area contributed by atoms with Gasteiger partial charge >= 0.3 is 0 Å². The van der Waals surface area contributed by atoms with Crippen molar-refractivity contribution in [3.05, 3.63) is 0 Å². The molecule has 1 heterocycles. The van der Waals surface area contributed by atoms with Crippen molar-refractivity contribution in [2.45, 2.75) is 45.1 Å². The Morgan fingerprint density at radius 2 is 2.15 bits per heavy atom. The van der Waals surface area contributed by atoms with Crippen molar-refractivity contribution < 1.29 is 4.74 Å². The molecule has 2 atom stereocenters. The molecule has 0 aromatic carbocycles. The number of rotatable bonds is 4. The molecular weight excluding hydrogens is 184 g/mol. The van der Waals surface area contributed by atoms with Crippen LogP contribution in [0.4, 0.5) is 0 Å². The summed E-state index contributed by atoms with van der Waals surface area (Å²) >= 11 is 6.07. The van der Waals surface area contributed by atoms with Crippen molar-refractivity contribution in [2.75, 3.05) is 12.5 Å². The molecule has 0 spiro atoms. The lowest BCUT2D eigenvalue weighted by Gasteiger charge is -2.29. The highest BCUT2D eigenvalue weighted by molar-refractivity contribution is 6.18. The fourth-order valence-electron chi connectivity index (χ4n) is 2.44. The number of alkyl halides is 1. The van der Waals surface area contributed by atoms with Crippen LogP contribution in [0.1, 0.15) is 39.0 Å². The number of hydrogen-bond donors (Lipinski definition) is 0. The number of halogens is 1. The van der Waals surface area contributed by atoms with Crippen LogP contribution in [0.2, 0.25) is 0 Å². The topological polar surface area (TPSA) is 9.23 Å². The minimum absolute atomic E-state index is 0.358. The molecule has 0 bridgehead atoms. The summed E-state index contributed by atoms with van der Waals surface area (Å²) in [5.41, 5.74) is 0.358. The summed E-state index contributed by atoms with van der Waals surface area (Å²) in [6, 6.07) is 0. The van der Waals surface area contributed by atoms with Crippen LogP contribution in [0.3, 0.4) is 0 Å². The molecule has 2 unspecified atom stereocenters. The maximum Gasteiger partial charge on any atom is 0.0581 e. The second kappa shape index (κ2) is 3.78. The van der Waals surface area contributed by atoms with Crippen LogP contribution in [0.15, 0.2) is 0 Å². The van der Waals surface area contributed by atoms with Gasteiger partial charge in [-0.3, -0.25) is 0 Å². The summed E-state index contributed by atoms with van der Waals surface area (Å²) in [6.07, 6.45) is 6.95. The average Bonchev–Trinajstić information content (AvgIpc) is 2.88. The smallest absolute Gasteiger partial charge is 0.0581 e. The van der Waals surface area contributed by atoms with E-state index in [2.05, 4.69) is 6.92 Å². The summed E-state index contributed by atoms with van der Waals surface area (Å²) < 4.78 is 5.67. The Kier molecular flexibility index (Phi) is 2.85. The average molecular weight is 203 g/mol. The Balaban J connectivity index is 1.88. The molecule has 1 saturated carbocycles. The molecule has 2 fully saturated rings. The van der Waals surface area contributed by atoms with Crippen LogP contribution < -0.4 is 0 Å². The quantitative estimate of drug-likeness (QED) is 0.637. The Hall–Kier alpha value is 0.250. The molecular formula is C11H19ClO. The monoisotopic (exact) mass is 202 g/mol. The van der Waals surface area contributed by atoms with Gasteiger partial charge in [0.1, 0.15) is 0 Å². The molecule has 76 valence electrons. The van der Waals surface area contributed by atoms with Gasteiger partial charge in [0.2, 0.25) is 0 Å². The van der Waals surface area contributed by atoms with Gasteiger partial charge in [-0.1, -0.05) is 6.92 Å². The molecule has 1 nitrogen and oxygen atoms in total. The van der Waals surface area contributed by atoms with Gasteiger partial charge in [-0.25, -0.2) is 0 Å². The molecule has 2 rings (SSSR count). The van der Waals surface area contributed by atoms with Crippen molar-refractivity contribution in [1.82, 2.24) is 0 Å². The Bertz CT molecular complexity index is 173. The normalized spacial score (nSPS) is 33.2. The molecule has 1 aliphatic heterocycles. The Labute approximate surface area is 85.8 Å². The van der Waals surface area contributed by atoms with E-state index >= 15 is 0 Å². The largest absolute Gasteiger partial charge is 0.378 e. The minimum atomic E-state index is 0.358. The molecule has 0 radical (unpaired) electrons. The molecule has 0 aromatic heterocycles. The predicted molar refractivity (Wildman–Crippen MR) is 55.1 cm³/mol. The van der Waals surface area contributed by atoms with Crippen molar-refractivity contribution in [2.24, 2.45) is 11.3 Å². The summed E-state index contributed by atoms with van der Waals surface area (Å²) in [5, 5.41) is 0. The molecule has 0 N–H and O–H groups in total. The van der Waals surface area contributed by atoms with E-state index in [0.29, 0.717) is 11.5 Å². The number of hydrogen-bond acceptors (Lipinski definition) is 1. The highest BCUT2D eigenvalue weighted by atomic mass is 35.5. The first-order valence-corrected chi connectivity index (χ1v) is 5.95. The van der Waals surface area contributed by atoms with Gasteiger partial charge in [0.05, 0.1) is 6.10 Å². The first-order valence-electron chi connectivity index (χ1n) is 5.42.